The smallest absolute Gasteiger partial charge is 0.381 e. The third-order valence-corrected chi connectivity index (χ3v) is 7.34. The monoisotopic (exact) mass is 485 g/mol. The van der Waals surface area contributed by atoms with Crippen LogP contribution in [0.15, 0.2) is 48.5 Å². The SMILES string of the molecule is CCOC[C@@]12CCN(c3ccc(C#N)c(C(F)(F)F)c3)C[C@@H]1CN(C(=O)CCc1ccccc1)C2. The lowest BCUT2D eigenvalue weighted by Gasteiger charge is -2.44. The number of anilines is 1. The first kappa shape index (κ1) is 25.1. The molecule has 2 aromatic carbocycles. The van der Waals surface area contributed by atoms with Crippen molar-refractivity contribution in [3.8, 4) is 6.07 Å². The maximum atomic E-state index is 13.5. The Kier molecular flexibility index (Phi) is 7.36. The Morgan fingerprint density at radius 1 is 1.20 bits per heavy atom. The number of benzene rings is 2. The molecule has 0 aliphatic carbocycles. The number of alkyl halides is 3. The first-order chi connectivity index (χ1) is 16.8. The lowest BCUT2D eigenvalue weighted by atomic mass is 9.73. The first-order valence-corrected chi connectivity index (χ1v) is 12.0. The van der Waals surface area contributed by atoms with Gasteiger partial charge in [-0.15, -0.1) is 0 Å². The standard InChI is InChI=1S/C27H30F3N3O2/c1-2-35-19-26-12-13-32(23-10-9-21(15-31)24(14-23)27(28,29)30)16-22(26)17-33(18-26)25(34)11-8-20-6-4-3-5-7-20/h3-7,9-10,14,22H,2,8,11-13,16-19H2,1H3/t22-,26+/m1/s1. The highest BCUT2D eigenvalue weighted by atomic mass is 19.4. The lowest BCUT2D eigenvalue weighted by Crippen LogP contribution is -2.49. The molecule has 1 amide bonds. The van der Waals surface area contributed by atoms with Crippen LogP contribution in [0, 0.1) is 22.7 Å². The summed E-state index contributed by atoms with van der Waals surface area (Å²) < 4.78 is 46.3. The van der Waals surface area contributed by atoms with E-state index in [1.807, 2.05) is 47.1 Å². The summed E-state index contributed by atoms with van der Waals surface area (Å²) in [4.78, 5) is 16.9. The van der Waals surface area contributed by atoms with Gasteiger partial charge in [0.25, 0.3) is 0 Å². The van der Waals surface area contributed by atoms with E-state index in [-0.39, 0.29) is 22.8 Å². The second kappa shape index (κ2) is 10.3. The summed E-state index contributed by atoms with van der Waals surface area (Å²) in [5.74, 6) is 0.192. The lowest BCUT2D eigenvalue weighted by molar-refractivity contribution is -0.137. The molecule has 0 spiro atoms. The second-order valence-corrected chi connectivity index (χ2v) is 9.49. The van der Waals surface area contributed by atoms with Gasteiger partial charge in [-0.3, -0.25) is 4.79 Å². The zero-order chi connectivity index (χ0) is 25.1. The van der Waals surface area contributed by atoms with Crippen LogP contribution in [0.5, 0.6) is 0 Å². The third-order valence-electron chi connectivity index (χ3n) is 7.34. The molecule has 0 saturated carbocycles. The Bertz CT molecular complexity index is 1080. The van der Waals surface area contributed by atoms with E-state index in [0.29, 0.717) is 57.9 Å². The minimum absolute atomic E-state index is 0.0912. The van der Waals surface area contributed by atoms with Crippen LogP contribution in [-0.2, 0) is 22.1 Å². The zero-order valence-electron chi connectivity index (χ0n) is 19.9. The normalized spacial score (nSPS) is 22.1. The van der Waals surface area contributed by atoms with E-state index in [9.17, 15) is 18.0 Å². The quantitative estimate of drug-likeness (QED) is 0.560. The fraction of sp³-hybridized carbons (Fsp3) is 0.481. The number of aryl methyl sites for hydroxylation is 1. The van der Waals surface area contributed by atoms with E-state index in [1.54, 1.807) is 12.1 Å². The van der Waals surface area contributed by atoms with Crippen LogP contribution in [0.2, 0.25) is 0 Å². The fourth-order valence-corrected chi connectivity index (χ4v) is 5.36. The predicted octanol–water partition coefficient (Wildman–Crippen LogP) is 4.90. The first-order valence-electron chi connectivity index (χ1n) is 12.0. The van der Waals surface area contributed by atoms with Crippen LogP contribution in [0.3, 0.4) is 0 Å². The number of carbonyl (C=O) groups is 1. The Balaban J connectivity index is 1.50. The van der Waals surface area contributed by atoms with Gasteiger partial charge in [0, 0.05) is 56.2 Å². The van der Waals surface area contributed by atoms with Crippen molar-refractivity contribution in [3.63, 3.8) is 0 Å². The average molecular weight is 486 g/mol. The van der Waals surface area contributed by atoms with E-state index in [0.717, 1.165) is 18.1 Å². The number of hydrogen-bond acceptors (Lipinski definition) is 4. The molecule has 0 unspecified atom stereocenters. The molecule has 8 heteroatoms. The number of fused-ring (bicyclic) bond motifs is 1. The maximum absolute atomic E-state index is 13.5. The van der Waals surface area contributed by atoms with Crippen molar-refractivity contribution in [2.45, 2.75) is 32.4 Å². The number of nitrogens with zero attached hydrogens (tertiary/aromatic N) is 3. The van der Waals surface area contributed by atoms with Gasteiger partial charge in [-0.2, -0.15) is 18.4 Å². The number of carbonyl (C=O) groups excluding carboxylic acids is 1. The van der Waals surface area contributed by atoms with Crippen molar-refractivity contribution < 1.29 is 22.7 Å². The molecule has 2 aliphatic rings. The van der Waals surface area contributed by atoms with Crippen LogP contribution in [-0.4, -0.2) is 50.2 Å². The molecular weight excluding hydrogens is 455 g/mol. The second-order valence-electron chi connectivity index (χ2n) is 9.49. The van der Waals surface area contributed by atoms with E-state index in [1.165, 1.54) is 6.07 Å². The molecule has 2 saturated heterocycles. The number of likely N-dealkylation sites (tertiary alicyclic amines) is 1. The van der Waals surface area contributed by atoms with Crippen molar-refractivity contribution in [1.29, 1.82) is 5.26 Å². The van der Waals surface area contributed by atoms with Gasteiger partial charge in [-0.05, 0) is 43.5 Å². The van der Waals surface area contributed by atoms with Gasteiger partial charge in [0.2, 0.25) is 5.91 Å². The van der Waals surface area contributed by atoms with Crippen molar-refractivity contribution >= 4 is 11.6 Å². The summed E-state index contributed by atoms with van der Waals surface area (Å²) in [7, 11) is 0. The van der Waals surface area contributed by atoms with Crippen molar-refractivity contribution in [2.24, 2.45) is 11.3 Å². The highest BCUT2D eigenvalue weighted by molar-refractivity contribution is 5.77. The van der Waals surface area contributed by atoms with E-state index in [2.05, 4.69) is 0 Å². The Morgan fingerprint density at radius 2 is 1.97 bits per heavy atom. The van der Waals surface area contributed by atoms with Crippen LogP contribution in [0.4, 0.5) is 18.9 Å². The Morgan fingerprint density at radius 3 is 2.66 bits per heavy atom. The largest absolute Gasteiger partial charge is 0.417 e. The molecule has 5 nitrogen and oxygen atoms in total. The minimum Gasteiger partial charge on any atom is -0.381 e. The predicted molar refractivity (Wildman–Crippen MR) is 127 cm³/mol. The molecule has 4 rings (SSSR count). The maximum Gasteiger partial charge on any atom is 0.417 e. The molecule has 2 aromatic rings. The molecule has 2 heterocycles. The number of piperidine rings is 1. The van der Waals surface area contributed by atoms with Crippen LogP contribution < -0.4 is 4.90 Å². The number of halogens is 3. The fourth-order valence-electron chi connectivity index (χ4n) is 5.36. The highest BCUT2D eigenvalue weighted by Crippen LogP contribution is 2.45. The van der Waals surface area contributed by atoms with Gasteiger partial charge < -0.3 is 14.5 Å². The molecule has 186 valence electrons. The number of amides is 1. The number of rotatable bonds is 7. The van der Waals surface area contributed by atoms with Crippen LogP contribution >= 0.6 is 0 Å². The minimum atomic E-state index is -4.59. The molecular formula is C27H30F3N3O2. The summed E-state index contributed by atoms with van der Waals surface area (Å²) >= 11 is 0. The Labute approximate surface area is 204 Å². The molecule has 2 fully saturated rings. The van der Waals surface area contributed by atoms with E-state index in [4.69, 9.17) is 10.00 Å². The van der Waals surface area contributed by atoms with Gasteiger partial charge in [0.05, 0.1) is 23.8 Å². The summed E-state index contributed by atoms with van der Waals surface area (Å²) in [5.41, 5.74) is 0.0888. The number of ether oxygens (including phenoxy) is 1. The van der Waals surface area contributed by atoms with Crippen molar-refractivity contribution in [3.05, 3.63) is 65.2 Å². The molecule has 0 N–H and O–H groups in total. The van der Waals surface area contributed by atoms with Gasteiger partial charge in [0.1, 0.15) is 0 Å². The zero-order valence-corrected chi connectivity index (χ0v) is 19.9. The molecule has 35 heavy (non-hydrogen) atoms. The molecule has 2 aliphatic heterocycles. The molecule has 0 bridgehead atoms. The van der Waals surface area contributed by atoms with Crippen molar-refractivity contribution in [1.82, 2.24) is 4.90 Å². The van der Waals surface area contributed by atoms with E-state index >= 15 is 0 Å². The third kappa shape index (κ3) is 5.46. The van der Waals surface area contributed by atoms with Crippen molar-refractivity contribution in [2.75, 3.05) is 44.3 Å². The molecule has 0 aromatic heterocycles. The van der Waals surface area contributed by atoms with Crippen LogP contribution in [0.1, 0.15) is 36.5 Å². The molecule has 2 atom stereocenters. The summed E-state index contributed by atoms with van der Waals surface area (Å²) in [6.45, 7) is 5.34. The summed E-state index contributed by atoms with van der Waals surface area (Å²) in [6.07, 6.45) is -2.76. The average Bonchev–Trinajstić information content (AvgIpc) is 3.25. The van der Waals surface area contributed by atoms with Crippen LogP contribution in [0.25, 0.3) is 0 Å². The van der Waals surface area contributed by atoms with Gasteiger partial charge in [-0.1, -0.05) is 30.3 Å². The summed E-state index contributed by atoms with van der Waals surface area (Å²) in [6, 6.07) is 15.4. The number of nitriles is 1. The van der Waals surface area contributed by atoms with E-state index < -0.39 is 11.7 Å². The van der Waals surface area contributed by atoms with Gasteiger partial charge in [-0.25, -0.2) is 0 Å². The Hall–Kier alpha value is -3.05. The topological polar surface area (TPSA) is 56.6 Å². The van der Waals surface area contributed by atoms with Gasteiger partial charge in [0.15, 0.2) is 0 Å². The highest BCUT2D eigenvalue weighted by Gasteiger charge is 2.50. The summed E-state index contributed by atoms with van der Waals surface area (Å²) in [5, 5.41) is 9.11. The van der Waals surface area contributed by atoms with Gasteiger partial charge >= 0.3 is 6.18 Å². The number of hydrogen-bond donors (Lipinski definition) is 0. The molecule has 0 radical (unpaired) electrons.